The number of hydrogen-bond donors (Lipinski definition) is 2. The molecule has 0 saturated carbocycles. The number of benzene rings is 1. The van der Waals surface area contributed by atoms with Gasteiger partial charge in [-0.25, -0.2) is 4.79 Å². The van der Waals surface area contributed by atoms with E-state index in [2.05, 4.69) is 31.3 Å². The Bertz CT molecular complexity index is 520. The van der Waals surface area contributed by atoms with Gasteiger partial charge in [-0.1, -0.05) is 26.0 Å². The molecule has 1 fully saturated rings. The largest absolute Gasteiger partial charge is 0.493 e. The van der Waals surface area contributed by atoms with Gasteiger partial charge in [-0.2, -0.15) is 0 Å². The number of likely N-dealkylation sites (tertiary alicyclic amines) is 1. The smallest absolute Gasteiger partial charge is 0.317 e. The van der Waals surface area contributed by atoms with Gasteiger partial charge in [-0.05, 0) is 55.7 Å². The molecular weight excluding hydrogens is 316 g/mol. The van der Waals surface area contributed by atoms with Crippen LogP contribution in [0.5, 0.6) is 5.75 Å². The Labute approximate surface area is 151 Å². The molecule has 1 aromatic carbocycles. The third-order valence-corrected chi connectivity index (χ3v) is 4.71. The normalized spacial score (nSPS) is 16.8. The van der Waals surface area contributed by atoms with Crippen molar-refractivity contribution in [3.05, 3.63) is 29.8 Å². The maximum absolute atomic E-state index is 12.2. The number of aliphatic hydroxyl groups excluding tert-OH is 1. The van der Waals surface area contributed by atoms with Gasteiger partial charge in [-0.3, -0.25) is 0 Å². The average molecular weight is 348 g/mol. The van der Waals surface area contributed by atoms with Crippen LogP contribution in [-0.4, -0.2) is 48.4 Å². The first-order valence-electron chi connectivity index (χ1n) is 9.38. The zero-order valence-electron chi connectivity index (χ0n) is 15.7. The van der Waals surface area contributed by atoms with Crippen molar-refractivity contribution in [2.24, 2.45) is 11.8 Å². The number of carbonyl (C=O) groups excluding carboxylic acids is 1. The molecule has 25 heavy (non-hydrogen) atoms. The second-order valence-electron chi connectivity index (χ2n) is 7.40. The fourth-order valence-corrected chi connectivity index (χ4v) is 3.03. The van der Waals surface area contributed by atoms with Gasteiger partial charge in [0.15, 0.2) is 0 Å². The van der Waals surface area contributed by atoms with Crippen LogP contribution in [0.1, 0.15) is 39.2 Å². The van der Waals surface area contributed by atoms with Gasteiger partial charge < -0.3 is 20.1 Å². The lowest BCUT2D eigenvalue weighted by molar-refractivity contribution is 0.0799. The van der Waals surface area contributed by atoms with Gasteiger partial charge >= 0.3 is 6.03 Å². The van der Waals surface area contributed by atoms with E-state index in [4.69, 9.17) is 4.74 Å². The molecule has 5 heteroatoms. The van der Waals surface area contributed by atoms with E-state index in [-0.39, 0.29) is 12.1 Å². The fourth-order valence-electron chi connectivity index (χ4n) is 3.03. The summed E-state index contributed by atoms with van der Waals surface area (Å²) >= 11 is 0. The second kappa shape index (κ2) is 9.66. The predicted octanol–water partition coefficient (Wildman–Crippen LogP) is 3.07. The van der Waals surface area contributed by atoms with Gasteiger partial charge in [0.2, 0.25) is 0 Å². The lowest BCUT2D eigenvalue weighted by Crippen LogP contribution is -2.46. The van der Waals surface area contributed by atoms with E-state index in [1.807, 2.05) is 24.0 Å². The molecule has 5 nitrogen and oxygen atoms in total. The van der Waals surface area contributed by atoms with Gasteiger partial charge in [-0.15, -0.1) is 0 Å². The molecule has 1 atom stereocenters. The SMILES string of the molecule is CC(C)COc1ccc(CCNC(=O)N2CCC(C(C)O)CC2)cc1. The van der Waals surface area contributed by atoms with Crippen LogP contribution >= 0.6 is 0 Å². The Morgan fingerprint density at radius 1 is 1.24 bits per heavy atom. The van der Waals surface area contributed by atoms with Gasteiger partial charge in [0.05, 0.1) is 12.7 Å². The number of carbonyl (C=O) groups is 1. The average Bonchev–Trinajstić information content (AvgIpc) is 2.61. The molecule has 0 radical (unpaired) electrons. The minimum atomic E-state index is -0.280. The van der Waals surface area contributed by atoms with E-state index < -0.39 is 0 Å². The molecule has 140 valence electrons. The maximum Gasteiger partial charge on any atom is 0.317 e. The van der Waals surface area contributed by atoms with Crippen LogP contribution in [0.3, 0.4) is 0 Å². The van der Waals surface area contributed by atoms with Crippen LogP contribution in [0, 0.1) is 11.8 Å². The highest BCUT2D eigenvalue weighted by molar-refractivity contribution is 5.74. The van der Waals surface area contributed by atoms with Crippen molar-refractivity contribution in [2.45, 2.75) is 46.1 Å². The summed E-state index contributed by atoms with van der Waals surface area (Å²) in [5, 5.41) is 12.6. The standard InChI is InChI=1S/C20H32N2O3/c1-15(2)14-25-19-6-4-17(5-7-19)8-11-21-20(24)22-12-9-18(10-13-22)16(3)23/h4-7,15-16,18,23H,8-14H2,1-3H3,(H,21,24). The summed E-state index contributed by atoms with van der Waals surface area (Å²) in [6, 6.07) is 8.08. The Morgan fingerprint density at radius 3 is 2.44 bits per heavy atom. The molecule has 2 rings (SSSR count). The van der Waals surface area contributed by atoms with E-state index in [9.17, 15) is 9.90 Å². The van der Waals surface area contributed by atoms with Crippen molar-refractivity contribution in [3.8, 4) is 5.75 Å². The van der Waals surface area contributed by atoms with E-state index in [0.29, 0.717) is 18.4 Å². The lowest BCUT2D eigenvalue weighted by Gasteiger charge is -2.33. The highest BCUT2D eigenvalue weighted by atomic mass is 16.5. The number of amides is 2. The number of rotatable bonds is 7. The summed E-state index contributed by atoms with van der Waals surface area (Å²) in [4.78, 5) is 14.0. The summed E-state index contributed by atoms with van der Waals surface area (Å²) in [6.07, 6.45) is 2.28. The predicted molar refractivity (Wildman–Crippen MR) is 99.9 cm³/mol. The quantitative estimate of drug-likeness (QED) is 0.796. The van der Waals surface area contributed by atoms with Crippen molar-refractivity contribution >= 4 is 6.03 Å². The minimum absolute atomic E-state index is 0.000861. The molecule has 2 N–H and O–H groups in total. The van der Waals surface area contributed by atoms with Crippen LogP contribution in [0.15, 0.2) is 24.3 Å². The highest BCUT2D eigenvalue weighted by Crippen LogP contribution is 2.20. The Morgan fingerprint density at radius 2 is 1.88 bits per heavy atom. The van der Waals surface area contributed by atoms with Crippen molar-refractivity contribution in [1.82, 2.24) is 10.2 Å². The van der Waals surface area contributed by atoms with Crippen molar-refractivity contribution in [1.29, 1.82) is 0 Å². The minimum Gasteiger partial charge on any atom is -0.493 e. The molecule has 0 spiro atoms. The number of urea groups is 1. The Kier molecular flexibility index (Phi) is 7.56. The first-order valence-corrected chi connectivity index (χ1v) is 9.38. The van der Waals surface area contributed by atoms with E-state index >= 15 is 0 Å². The van der Waals surface area contributed by atoms with Crippen LogP contribution < -0.4 is 10.1 Å². The maximum atomic E-state index is 12.2. The summed E-state index contributed by atoms with van der Waals surface area (Å²) in [5.74, 6) is 1.73. The van der Waals surface area contributed by atoms with Crippen LogP contribution in [0.2, 0.25) is 0 Å². The monoisotopic (exact) mass is 348 g/mol. The number of nitrogens with one attached hydrogen (secondary N) is 1. The first kappa shape index (κ1) is 19.6. The summed E-state index contributed by atoms with van der Waals surface area (Å²) in [7, 11) is 0. The number of aliphatic hydroxyl groups is 1. The summed E-state index contributed by atoms with van der Waals surface area (Å²) in [5.41, 5.74) is 1.19. The van der Waals surface area contributed by atoms with Crippen molar-refractivity contribution in [3.63, 3.8) is 0 Å². The molecule has 1 unspecified atom stereocenters. The number of piperidine rings is 1. The molecule has 1 saturated heterocycles. The van der Waals surface area contributed by atoms with E-state index in [0.717, 1.165) is 44.7 Å². The molecule has 0 aromatic heterocycles. The van der Waals surface area contributed by atoms with Crippen molar-refractivity contribution in [2.75, 3.05) is 26.2 Å². The molecular formula is C20H32N2O3. The van der Waals surface area contributed by atoms with Crippen LogP contribution in [0.25, 0.3) is 0 Å². The number of hydrogen-bond acceptors (Lipinski definition) is 3. The van der Waals surface area contributed by atoms with Gasteiger partial charge in [0.25, 0.3) is 0 Å². The molecule has 1 aliphatic rings. The highest BCUT2D eigenvalue weighted by Gasteiger charge is 2.25. The summed E-state index contributed by atoms with van der Waals surface area (Å²) in [6.45, 7) is 8.89. The molecule has 0 aliphatic carbocycles. The molecule has 0 bridgehead atoms. The molecule has 2 amide bonds. The topological polar surface area (TPSA) is 61.8 Å². The zero-order chi connectivity index (χ0) is 18.2. The van der Waals surface area contributed by atoms with E-state index in [1.165, 1.54) is 5.56 Å². The summed E-state index contributed by atoms with van der Waals surface area (Å²) < 4.78 is 5.68. The zero-order valence-corrected chi connectivity index (χ0v) is 15.7. The molecule has 1 heterocycles. The number of nitrogens with zero attached hydrogens (tertiary/aromatic N) is 1. The third-order valence-electron chi connectivity index (χ3n) is 4.71. The van der Waals surface area contributed by atoms with Crippen LogP contribution in [0.4, 0.5) is 4.79 Å². The van der Waals surface area contributed by atoms with Gasteiger partial charge in [0.1, 0.15) is 5.75 Å². The van der Waals surface area contributed by atoms with Gasteiger partial charge in [0, 0.05) is 19.6 Å². The fraction of sp³-hybridized carbons (Fsp3) is 0.650. The molecule has 1 aromatic rings. The van der Waals surface area contributed by atoms with Crippen LogP contribution in [-0.2, 0) is 6.42 Å². The Balaban J connectivity index is 1.67. The third kappa shape index (κ3) is 6.58. The number of ether oxygens (including phenoxy) is 1. The first-order chi connectivity index (χ1) is 12.0. The second-order valence-corrected chi connectivity index (χ2v) is 7.40. The lowest BCUT2D eigenvalue weighted by atomic mass is 9.92. The Hall–Kier alpha value is -1.75. The van der Waals surface area contributed by atoms with Crippen molar-refractivity contribution < 1.29 is 14.6 Å². The molecule has 1 aliphatic heterocycles. The van der Waals surface area contributed by atoms with E-state index in [1.54, 1.807) is 0 Å².